The summed E-state index contributed by atoms with van der Waals surface area (Å²) in [6.07, 6.45) is 0.659. The van der Waals surface area contributed by atoms with Crippen LogP contribution >= 0.6 is 0 Å². The average Bonchev–Trinajstić information content (AvgIpc) is 3.05. The van der Waals surface area contributed by atoms with Crippen LogP contribution in [0.15, 0.2) is 65.1 Å². The number of rotatable bonds is 4. The number of furan rings is 1. The molecule has 2 aromatic carbocycles. The first-order chi connectivity index (χ1) is 11.2. The maximum Gasteiger partial charge on any atom is 0.255 e. The van der Waals surface area contributed by atoms with Gasteiger partial charge in [-0.2, -0.15) is 0 Å². The molecule has 0 saturated carbocycles. The minimum atomic E-state index is -0.171. The second-order valence-electron chi connectivity index (χ2n) is 5.22. The molecular weight excluding hydrogens is 290 g/mol. The molecule has 0 saturated heterocycles. The third-order valence-corrected chi connectivity index (χ3v) is 3.46. The molecule has 1 aromatic heterocycles. The van der Waals surface area contributed by atoms with Crippen molar-refractivity contribution in [2.75, 3.05) is 5.32 Å². The molecule has 1 N–H and O–H groups in total. The molecule has 3 rings (SSSR count). The summed E-state index contributed by atoms with van der Waals surface area (Å²) >= 11 is 0. The predicted octanol–water partition coefficient (Wildman–Crippen LogP) is 4.32. The summed E-state index contributed by atoms with van der Waals surface area (Å²) < 4.78 is 5.40. The van der Waals surface area contributed by atoms with Gasteiger partial charge in [0.05, 0.1) is 0 Å². The lowest BCUT2D eigenvalue weighted by Crippen LogP contribution is -2.11. The first-order valence-electron chi connectivity index (χ1n) is 7.19. The molecule has 0 aliphatic rings. The number of benzene rings is 2. The van der Waals surface area contributed by atoms with Crippen LogP contribution in [0, 0.1) is 6.92 Å². The predicted molar refractivity (Wildman–Crippen MR) is 88.7 cm³/mol. The van der Waals surface area contributed by atoms with Crippen molar-refractivity contribution in [1.82, 2.24) is 0 Å². The van der Waals surface area contributed by atoms with E-state index in [1.807, 2.05) is 31.2 Å². The Morgan fingerprint density at radius 3 is 2.52 bits per heavy atom. The van der Waals surface area contributed by atoms with Crippen molar-refractivity contribution in [3.05, 3.63) is 77.6 Å². The quantitative estimate of drug-likeness (QED) is 0.730. The number of aldehydes is 1. The summed E-state index contributed by atoms with van der Waals surface area (Å²) in [5.74, 6) is 0.683. The molecule has 0 bridgehead atoms. The maximum atomic E-state index is 12.2. The molecule has 4 nitrogen and oxygen atoms in total. The molecule has 0 fully saturated rings. The Kier molecular flexibility index (Phi) is 4.06. The molecule has 0 radical (unpaired) electrons. The zero-order chi connectivity index (χ0) is 16.2. The Hall–Kier alpha value is -3.14. The van der Waals surface area contributed by atoms with Gasteiger partial charge in [0.1, 0.15) is 5.76 Å². The molecule has 114 valence electrons. The number of carbonyl (C=O) groups excluding carboxylic acids is 2. The Morgan fingerprint density at radius 2 is 1.83 bits per heavy atom. The second kappa shape index (κ2) is 6.32. The van der Waals surface area contributed by atoms with Crippen molar-refractivity contribution in [3.8, 4) is 11.3 Å². The van der Waals surface area contributed by atoms with E-state index in [2.05, 4.69) is 5.32 Å². The number of aryl methyl sites for hydroxylation is 1. The third-order valence-electron chi connectivity index (χ3n) is 3.46. The van der Waals surface area contributed by atoms with E-state index in [4.69, 9.17) is 4.42 Å². The smallest absolute Gasteiger partial charge is 0.255 e. The van der Waals surface area contributed by atoms with Crippen molar-refractivity contribution < 1.29 is 14.0 Å². The Balaban J connectivity index is 1.81. The van der Waals surface area contributed by atoms with Gasteiger partial charge in [-0.05, 0) is 43.3 Å². The number of hydrogen-bond acceptors (Lipinski definition) is 3. The molecule has 0 aliphatic heterocycles. The van der Waals surface area contributed by atoms with E-state index >= 15 is 0 Å². The number of carbonyl (C=O) groups is 2. The average molecular weight is 305 g/mol. The summed E-state index contributed by atoms with van der Waals surface area (Å²) in [6, 6.07) is 18.0. The van der Waals surface area contributed by atoms with E-state index in [9.17, 15) is 9.59 Å². The maximum absolute atomic E-state index is 12.2. The van der Waals surface area contributed by atoms with Crippen LogP contribution in [0.2, 0.25) is 0 Å². The zero-order valence-corrected chi connectivity index (χ0v) is 12.6. The minimum Gasteiger partial charge on any atom is -0.453 e. The Labute approximate surface area is 133 Å². The number of hydrogen-bond donors (Lipinski definition) is 1. The van der Waals surface area contributed by atoms with E-state index in [0.29, 0.717) is 23.3 Å². The topological polar surface area (TPSA) is 59.3 Å². The molecule has 0 aliphatic carbocycles. The van der Waals surface area contributed by atoms with Crippen LogP contribution in [-0.4, -0.2) is 12.2 Å². The second-order valence-corrected chi connectivity index (χ2v) is 5.22. The van der Waals surface area contributed by atoms with Gasteiger partial charge in [0.2, 0.25) is 0 Å². The van der Waals surface area contributed by atoms with Crippen LogP contribution in [0.5, 0.6) is 0 Å². The molecule has 23 heavy (non-hydrogen) atoms. The van der Waals surface area contributed by atoms with Gasteiger partial charge < -0.3 is 9.73 Å². The van der Waals surface area contributed by atoms with Crippen LogP contribution in [0.25, 0.3) is 11.3 Å². The molecule has 0 unspecified atom stereocenters. The summed E-state index contributed by atoms with van der Waals surface area (Å²) in [5.41, 5.74) is 3.16. The molecule has 0 spiro atoms. The van der Waals surface area contributed by atoms with E-state index in [-0.39, 0.29) is 11.7 Å². The van der Waals surface area contributed by atoms with Crippen molar-refractivity contribution in [3.63, 3.8) is 0 Å². The first kappa shape index (κ1) is 14.8. The third kappa shape index (κ3) is 3.37. The monoisotopic (exact) mass is 305 g/mol. The highest BCUT2D eigenvalue weighted by Gasteiger charge is 2.08. The van der Waals surface area contributed by atoms with Gasteiger partial charge in [-0.3, -0.25) is 9.59 Å². The number of amides is 1. The van der Waals surface area contributed by atoms with Crippen LogP contribution in [0.4, 0.5) is 5.69 Å². The zero-order valence-electron chi connectivity index (χ0n) is 12.6. The number of anilines is 1. The lowest BCUT2D eigenvalue weighted by Gasteiger charge is -2.07. The van der Waals surface area contributed by atoms with E-state index in [1.165, 1.54) is 0 Å². The highest BCUT2D eigenvalue weighted by atomic mass is 16.3. The van der Waals surface area contributed by atoms with Crippen molar-refractivity contribution in [1.29, 1.82) is 0 Å². The molecule has 4 heteroatoms. The van der Waals surface area contributed by atoms with Crippen molar-refractivity contribution in [2.45, 2.75) is 6.92 Å². The van der Waals surface area contributed by atoms with Gasteiger partial charge >= 0.3 is 0 Å². The SMILES string of the molecule is Cc1ccc(C(=O)Nc2cccc(-c3ccc(C=O)o3)c2)cc1. The minimum absolute atomic E-state index is 0.171. The lowest BCUT2D eigenvalue weighted by atomic mass is 10.1. The molecular formula is C19H15NO3. The van der Waals surface area contributed by atoms with E-state index in [0.717, 1.165) is 11.1 Å². The van der Waals surface area contributed by atoms with E-state index in [1.54, 1.807) is 36.4 Å². The number of nitrogens with one attached hydrogen (secondary N) is 1. The van der Waals surface area contributed by atoms with Gasteiger partial charge in [-0.1, -0.05) is 29.8 Å². The highest BCUT2D eigenvalue weighted by molar-refractivity contribution is 6.04. The molecule has 3 aromatic rings. The normalized spacial score (nSPS) is 10.3. The summed E-state index contributed by atoms with van der Waals surface area (Å²) in [5, 5.41) is 2.86. The summed E-state index contributed by atoms with van der Waals surface area (Å²) in [6.45, 7) is 1.97. The lowest BCUT2D eigenvalue weighted by molar-refractivity contribution is 0.102. The fraction of sp³-hybridized carbons (Fsp3) is 0.0526. The van der Waals surface area contributed by atoms with Gasteiger partial charge in [-0.25, -0.2) is 0 Å². The van der Waals surface area contributed by atoms with Gasteiger partial charge in [0, 0.05) is 16.8 Å². The fourth-order valence-electron chi connectivity index (χ4n) is 2.23. The highest BCUT2D eigenvalue weighted by Crippen LogP contribution is 2.24. The molecule has 1 amide bonds. The van der Waals surface area contributed by atoms with Crippen LogP contribution in [0.1, 0.15) is 26.5 Å². The molecule has 1 heterocycles. The standard InChI is InChI=1S/C19H15NO3/c1-13-5-7-14(8-6-13)19(22)20-16-4-2-3-15(11-16)18-10-9-17(12-21)23-18/h2-12H,1H3,(H,20,22). The van der Waals surface area contributed by atoms with Crippen LogP contribution in [0.3, 0.4) is 0 Å². The Bertz CT molecular complexity index is 847. The van der Waals surface area contributed by atoms with Crippen molar-refractivity contribution >= 4 is 17.9 Å². The fourth-order valence-corrected chi connectivity index (χ4v) is 2.23. The molecule has 0 atom stereocenters. The van der Waals surface area contributed by atoms with Gasteiger partial charge in [0.15, 0.2) is 12.0 Å². The largest absolute Gasteiger partial charge is 0.453 e. The summed E-state index contributed by atoms with van der Waals surface area (Å²) in [4.78, 5) is 22.9. The van der Waals surface area contributed by atoms with E-state index < -0.39 is 0 Å². The van der Waals surface area contributed by atoms with Gasteiger partial charge in [-0.15, -0.1) is 0 Å². The van der Waals surface area contributed by atoms with Crippen LogP contribution < -0.4 is 5.32 Å². The first-order valence-corrected chi connectivity index (χ1v) is 7.19. The summed E-state index contributed by atoms with van der Waals surface area (Å²) in [7, 11) is 0. The van der Waals surface area contributed by atoms with Crippen molar-refractivity contribution in [2.24, 2.45) is 0 Å². The van der Waals surface area contributed by atoms with Gasteiger partial charge in [0.25, 0.3) is 5.91 Å². The van der Waals surface area contributed by atoms with Crippen LogP contribution in [-0.2, 0) is 0 Å². The Morgan fingerprint density at radius 1 is 1.04 bits per heavy atom.